The molecule has 5 rings (SSSR count). The zero-order valence-corrected chi connectivity index (χ0v) is 46.6. The number of hydrogen-bond donors (Lipinski definition) is 7. The van der Waals surface area contributed by atoms with E-state index in [0.29, 0.717) is 25.9 Å². The number of esters is 1. The molecule has 20 atom stereocenters. The maximum Gasteiger partial charge on any atom is 0.311 e. The average molecular weight is 1120 g/mol. The lowest BCUT2D eigenvalue weighted by Crippen LogP contribution is -2.61. The van der Waals surface area contributed by atoms with Gasteiger partial charge < -0.3 is 73.9 Å². The van der Waals surface area contributed by atoms with Crippen LogP contribution in [-0.4, -0.2) is 191 Å². The number of nitrogens with one attached hydrogen (secondary N) is 2. The average Bonchev–Trinajstić information content (AvgIpc) is 3.79. The molecule has 0 aliphatic carbocycles. The molecule has 4 heterocycles. The lowest BCUT2D eigenvalue weighted by atomic mass is 9.77. The summed E-state index contributed by atoms with van der Waals surface area (Å²) in [5, 5.41) is 61.4. The molecule has 0 amide bonds. The second kappa shape index (κ2) is 25.3. The Labute approximate surface area is 435 Å². The largest absolute Gasteiger partial charge is 0.459 e. The van der Waals surface area contributed by atoms with Crippen LogP contribution in [0.25, 0.3) is 0 Å². The quantitative estimate of drug-likeness (QED) is 0.0970. The summed E-state index contributed by atoms with van der Waals surface area (Å²) in [6, 6.07) is 6.10. The van der Waals surface area contributed by atoms with Crippen LogP contribution in [0.15, 0.2) is 36.2 Å². The summed E-state index contributed by atoms with van der Waals surface area (Å²) in [5.41, 5.74) is 3.36. The van der Waals surface area contributed by atoms with Crippen LogP contribution in [0.3, 0.4) is 0 Å². The van der Waals surface area contributed by atoms with E-state index in [4.69, 9.17) is 33.2 Å². The highest BCUT2D eigenvalue weighted by atomic mass is 127. The number of halogens is 2. The molecule has 3 saturated heterocycles. The third kappa shape index (κ3) is 14.1. The molecule has 7 N–H and O–H groups in total. The third-order valence-corrected chi connectivity index (χ3v) is 16.5. The Kier molecular flexibility index (Phi) is 21.4. The Morgan fingerprint density at radius 1 is 0.986 bits per heavy atom. The summed E-state index contributed by atoms with van der Waals surface area (Å²) in [5.74, 6) is -2.83. The van der Waals surface area contributed by atoms with Crippen LogP contribution in [-0.2, 0) is 38.0 Å². The van der Waals surface area contributed by atoms with Crippen molar-refractivity contribution in [3.8, 4) is 0 Å². The van der Waals surface area contributed by atoms with Gasteiger partial charge in [0.15, 0.2) is 12.6 Å². The molecule has 0 aromatic heterocycles. The van der Waals surface area contributed by atoms with Gasteiger partial charge in [-0.2, -0.15) is 0 Å². The van der Waals surface area contributed by atoms with Gasteiger partial charge in [0.1, 0.15) is 48.8 Å². The van der Waals surface area contributed by atoms with Crippen LogP contribution in [0.4, 0.5) is 4.39 Å². The minimum absolute atomic E-state index is 0.0927. The van der Waals surface area contributed by atoms with Crippen LogP contribution >= 0.6 is 22.6 Å². The van der Waals surface area contributed by atoms with Gasteiger partial charge >= 0.3 is 5.97 Å². The second-order valence-corrected chi connectivity index (χ2v) is 22.9. The molecule has 408 valence electrons. The van der Waals surface area contributed by atoms with Gasteiger partial charge in [-0.05, 0) is 128 Å². The number of aliphatic hydroxyl groups is 5. The number of alkyl halides is 1. The Bertz CT molecular complexity index is 1870. The number of ether oxygens (including phenoxy) is 7. The minimum atomic E-state index is -1.84. The van der Waals surface area contributed by atoms with Crippen molar-refractivity contribution in [2.75, 3.05) is 48.1 Å². The molecule has 0 unspecified atom stereocenters. The molecule has 71 heavy (non-hydrogen) atoms. The van der Waals surface area contributed by atoms with Crippen molar-refractivity contribution in [2.45, 2.75) is 204 Å². The Morgan fingerprint density at radius 2 is 1.65 bits per heavy atom. The van der Waals surface area contributed by atoms with Gasteiger partial charge in [0.25, 0.3) is 0 Å². The fraction of sp³-hybridized carbons (Fsp3) is 0.824. The predicted molar refractivity (Wildman–Crippen MR) is 273 cm³/mol. The van der Waals surface area contributed by atoms with Crippen molar-refractivity contribution < 1.29 is 67.9 Å². The maximum atomic E-state index is 14.7. The number of nitrogens with zero attached hydrogens (tertiary/aromatic N) is 3. The van der Waals surface area contributed by atoms with Crippen molar-refractivity contribution in [1.29, 1.82) is 0 Å². The first-order chi connectivity index (χ1) is 33.2. The number of rotatable bonds is 15. The smallest absolute Gasteiger partial charge is 0.311 e. The highest BCUT2D eigenvalue weighted by Gasteiger charge is 2.53. The molecule has 0 saturated carbocycles. The molecule has 0 spiro atoms. The predicted octanol–water partition coefficient (Wildman–Crippen LogP) is 4.16. The van der Waals surface area contributed by atoms with E-state index in [9.17, 15) is 34.7 Å². The van der Waals surface area contributed by atoms with E-state index in [1.807, 2.05) is 75.1 Å². The SMILES string of the molecule is CC[C@H]1OC(=O)[C@H](C)[C@@H](O[C@H]2C[C@@](C)(OC)[C@@H](O)[C@H](C)O2)[C@H](C)[C@@H](O[C@@H]2O[C@H](C)C[C@H](N(C)CCC3=CN([C@H](CF)[C@H](OC)c4ccc(I)cc4)NN3)[C@H]2O)[C@](C)(O)C[C@@H](C)CN(C)[C@H](C)[C@@H](O)[C@]1(C)O. The molecule has 4 aliphatic rings. The van der Waals surface area contributed by atoms with E-state index in [0.717, 1.165) is 14.8 Å². The Balaban J connectivity index is 1.44. The molecule has 18 nitrogen and oxygen atoms in total. The molecule has 4 aliphatic heterocycles. The van der Waals surface area contributed by atoms with Crippen molar-refractivity contribution in [2.24, 2.45) is 17.8 Å². The normalized spacial score (nSPS) is 41.4. The summed E-state index contributed by atoms with van der Waals surface area (Å²) in [4.78, 5) is 18.4. The summed E-state index contributed by atoms with van der Waals surface area (Å²) in [7, 11) is 6.82. The van der Waals surface area contributed by atoms with Crippen LogP contribution in [0.2, 0.25) is 0 Å². The molecule has 1 aromatic carbocycles. The highest BCUT2D eigenvalue weighted by Crippen LogP contribution is 2.40. The minimum Gasteiger partial charge on any atom is -0.459 e. The first-order valence-electron chi connectivity index (χ1n) is 25.3. The van der Waals surface area contributed by atoms with Crippen molar-refractivity contribution in [3.63, 3.8) is 0 Å². The number of aliphatic hydroxyl groups excluding tert-OH is 3. The lowest BCUT2D eigenvalue weighted by molar-refractivity contribution is -0.318. The number of hydrogen-bond acceptors (Lipinski definition) is 18. The van der Waals surface area contributed by atoms with Gasteiger partial charge in [0.05, 0.1) is 41.5 Å². The van der Waals surface area contributed by atoms with Crippen LogP contribution < -0.4 is 11.0 Å². The number of carbonyl (C=O) groups is 1. The number of carbonyl (C=O) groups excluding carboxylic acids is 1. The topological polar surface area (TPSA) is 217 Å². The number of likely N-dealkylation sites (N-methyl/N-ethyl adjacent to an activating group) is 2. The molecule has 20 heteroatoms. The van der Waals surface area contributed by atoms with E-state index in [1.165, 1.54) is 14.0 Å². The first-order valence-corrected chi connectivity index (χ1v) is 26.4. The number of hydrazine groups is 2. The Hall–Kier alpha value is -1.87. The van der Waals surface area contributed by atoms with E-state index >= 15 is 0 Å². The molecule has 1 aromatic rings. The maximum absolute atomic E-state index is 14.7. The summed E-state index contributed by atoms with van der Waals surface area (Å²) in [6.45, 7) is 17.7. The van der Waals surface area contributed by atoms with Crippen molar-refractivity contribution in [3.05, 3.63) is 45.3 Å². The molecule has 3 fully saturated rings. The zero-order chi connectivity index (χ0) is 52.9. The van der Waals surface area contributed by atoms with Crippen molar-refractivity contribution in [1.82, 2.24) is 25.8 Å². The van der Waals surface area contributed by atoms with Gasteiger partial charge in [0.2, 0.25) is 0 Å². The van der Waals surface area contributed by atoms with Gasteiger partial charge in [-0.15, -0.1) is 5.53 Å². The molecular weight excluding hydrogens is 1040 g/mol. The summed E-state index contributed by atoms with van der Waals surface area (Å²) in [6.07, 6.45) is -7.44. The zero-order valence-electron chi connectivity index (χ0n) is 44.5. The van der Waals surface area contributed by atoms with E-state index in [2.05, 4.69) is 33.6 Å². The fourth-order valence-electron chi connectivity index (χ4n) is 11.3. The van der Waals surface area contributed by atoms with Gasteiger partial charge in [-0.25, -0.2) is 4.39 Å². The summed E-state index contributed by atoms with van der Waals surface area (Å²) < 4.78 is 59.9. The van der Waals surface area contributed by atoms with Crippen LogP contribution in [0.1, 0.15) is 113 Å². The first kappa shape index (κ1) is 60.0. The summed E-state index contributed by atoms with van der Waals surface area (Å²) >= 11 is 2.23. The van der Waals surface area contributed by atoms with E-state index < -0.39 is 121 Å². The third-order valence-electron chi connectivity index (χ3n) is 15.8. The van der Waals surface area contributed by atoms with E-state index in [1.54, 1.807) is 53.7 Å². The van der Waals surface area contributed by atoms with E-state index in [-0.39, 0.29) is 31.3 Å². The number of cyclic esters (lactones) is 1. The van der Waals surface area contributed by atoms with Crippen LogP contribution in [0.5, 0.6) is 0 Å². The second-order valence-electron chi connectivity index (χ2n) is 21.7. The van der Waals surface area contributed by atoms with Gasteiger partial charge in [-0.3, -0.25) is 9.80 Å². The molecular formula is C51H87FIN5O13. The standard InChI is InChI=1S/C51H87FIN5O13/c1-15-39-51(10,64)44(60)32(6)57(12)26-28(2)23-49(8,63)46(30(4)42(31(5)47(62)69-39)70-40-24-50(9,66-14)45(61)33(7)68-40)71-48-41(59)37(22-29(3)67-48)56(11)21-20-36-27-58(55-54-36)38(25-52)43(65-13)34-16-18-35(53)19-17-34/h16-19,27-33,37-46,48,54-55,59-61,63-64H,15,20-26H2,1-14H3/t28-,29-,30+,31-,32-,33+,37+,38-,39-,40+,41-,42+,43-,44-,45+,46-,48+,49-,50-,51-/m1/s1. The molecule has 0 bridgehead atoms. The number of benzene rings is 1. The van der Waals surface area contributed by atoms with Crippen LogP contribution in [0, 0.1) is 21.3 Å². The molecule has 0 radical (unpaired) electrons. The van der Waals surface area contributed by atoms with Gasteiger partial charge in [0, 0.05) is 73.6 Å². The fourth-order valence-corrected chi connectivity index (χ4v) is 11.6. The monoisotopic (exact) mass is 1120 g/mol. The Morgan fingerprint density at radius 3 is 2.25 bits per heavy atom. The highest BCUT2D eigenvalue weighted by molar-refractivity contribution is 14.1. The lowest BCUT2D eigenvalue weighted by Gasteiger charge is -2.49. The van der Waals surface area contributed by atoms with Gasteiger partial charge in [-0.1, -0.05) is 32.9 Å². The van der Waals surface area contributed by atoms with Crippen molar-refractivity contribution >= 4 is 28.6 Å². The number of methoxy groups -OCH3 is 2.